The molecule has 86 valence electrons. The van der Waals surface area contributed by atoms with Crippen molar-refractivity contribution in [2.24, 2.45) is 5.41 Å². The first-order chi connectivity index (χ1) is 6.39. The average Bonchev–Trinajstić information content (AvgIpc) is 2.17. The van der Waals surface area contributed by atoms with Gasteiger partial charge in [0, 0.05) is 18.6 Å². The summed E-state index contributed by atoms with van der Waals surface area (Å²) in [5, 5.41) is 19.8. The Hall–Kier alpha value is -0.260. The van der Waals surface area contributed by atoms with Crippen LogP contribution in [0.4, 0.5) is 8.78 Å². The molecule has 3 nitrogen and oxygen atoms in total. The minimum Gasteiger partial charge on any atom is -0.396 e. The van der Waals surface area contributed by atoms with Gasteiger partial charge in [0.25, 0.3) is 5.92 Å². The van der Waals surface area contributed by atoms with Crippen LogP contribution in [-0.4, -0.2) is 42.4 Å². The molecule has 0 aliphatic heterocycles. The van der Waals surface area contributed by atoms with E-state index >= 15 is 0 Å². The van der Waals surface area contributed by atoms with Crippen LogP contribution in [0.15, 0.2) is 0 Å². The van der Waals surface area contributed by atoms with Crippen LogP contribution in [-0.2, 0) is 0 Å². The Labute approximate surface area is 83.1 Å². The Morgan fingerprint density at radius 1 is 1.14 bits per heavy atom. The number of hydrogen-bond acceptors (Lipinski definition) is 3. The molecule has 0 fully saturated rings. The van der Waals surface area contributed by atoms with Gasteiger partial charge in [0.2, 0.25) is 0 Å². The molecule has 0 saturated heterocycles. The molecule has 5 heteroatoms. The number of nitrogens with one attached hydrogen (secondary N) is 1. The van der Waals surface area contributed by atoms with Gasteiger partial charge in [0.05, 0.1) is 6.54 Å². The highest BCUT2D eigenvalue weighted by Gasteiger charge is 2.29. The predicted molar refractivity (Wildman–Crippen MR) is 50.4 cm³/mol. The fraction of sp³-hybridized carbons (Fsp3) is 1.00. The number of aliphatic hydroxyl groups is 2. The van der Waals surface area contributed by atoms with Crippen LogP contribution in [0.25, 0.3) is 0 Å². The van der Waals surface area contributed by atoms with E-state index in [0.29, 0.717) is 13.0 Å². The molecule has 3 N–H and O–H groups in total. The molecule has 1 atom stereocenters. The summed E-state index contributed by atoms with van der Waals surface area (Å²) in [5.74, 6) is -3.08. The number of hydrogen-bond donors (Lipinski definition) is 3. The van der Waals surface area contributed by atoms with Crippen LogP contribution >= 0.6 is 0 Å². The zero-order valence-electron chi connectivity index (χ0n) is 8.69. The molecule has 0 aliphatic rings. The highest BCUT2D eigenvalue weighted by atomic mass is 19.3. The lowest BCUT2D eigenvalue weighted by atomic mass is 9.88. The van der Waals surface area contributed by atoms with E-state index in [9.17, 15) is 8.78 Å². The van der Waals surface area contributed by atoms with E-state index in [4.69, 9.17) is 10.2 Å². The van der Waals surface area contributed by atoms with E-state index in [2.05, 4.69) is 5.32 Å². The van der Waals surface area contributed by atoms with Crippen LogP contribution in [0.1, 0.15) is 20.3 Å². The van der Waals surface area contributed by atoms with Gasteiger partial charge in [-0.2, -0.15) is 0 Å². The summed E-state index contributed by atoms with van der Waals surface area (Å²) in [6, 6.07) is 0. The Kier molecular flexibility index (Phi) is 5.48. The number of alkyl halides is 2. The second-order valence-electron chi connectivity index (χ2n) is 3.94. The SMILES string of the molecule is CCC(C)(CO)CNCC(F)(F)CO. The standard InChI is InChI=1S/C9H19F2NO2/c1-3-8(2,6-13)4-12-5-9(10,11)7-14/h12-14H,3-7H2,1-2H3. The van der Waals surface area contributed by atoms with E-state index in [0.717, 1.165) is 0 Å². The summed E-state index contributed by atoms with van der Waals surface area (Å²) >= 11 is 0. The molecule has 0 spiro atoms. The Morgan fingerprint density at radius 3 is 2.07 bits per heavy atom. The van der Waals surface area contributed by atoms with Crippen molar-refractivity contribution in [1.82, 2.24) is 5.32 Å². The van der Waals surface area contributed by atoms with Gasteiger partial charge in [-0.05, 0) is 6.42 Å². The molecule has 0 heterocycles. The summed E-state index contributed by atoms with van der Waals surface area (Å²) in [6.07, 6.45) is 0.710. The van der Waals surface area contributed by atoms with Crippen molar-refractivity contribution in [2.45, 2.75) is 26.2 Å². The lowest BCUT2D eigenvalue weighted by Crippen LogP contribution is -2.42. The normalized spacial score (nSPS) is 16.7. The molecular formula is C9H19F2NO2. The summed E-state index contributed by atoms with van der Waals surface area (Å²) in [4.78, 5) is 0. The molecule has 0 aliphatic carbocycles. The minimum atomic E-state index is -3.08. The largest absolute Gasteiger partial charge is 0.396 e. The van der Waals surface area contributed by atoms with Crippen LogP contribution in [0.3, 0.4) is 0 Å². The number of halogens is 2. The van der Waals surface area contributed by atoms with Crippen molar-refractivity contribution < 1.29 is 19.0 Å². The molecule has 0 aromatic carbocycles. The van der Waals surface area contributed by atoms with Crippen molar-refractivity contribution in [3.63, 3.8) is 0 Å². The zero-order valence-corrected chi connectivity index (χ0v) is 8.69. The van der Waals surface area contributed by atoms with Crippen LogP contribution in [0.2, 0.25) is 0 Å². The number of rotatable bonds is 7. The van der Waals surface area contributed by atoms with Gasteiger partial charge in [-0.25, -0.2) is 8.78 Å². The van der Waals surface area contributed by atoms with E-state index < -0.39 is 19.1 Å². The quantitative estimate of drug-likeness (QED) is 0.578. The predicted octanol–water partition coefficient (Wildman–Crippen LogP) is 0.612. The molecular weight excluding hydrogens is 192 g/mol. The summed E-state index contributed by atoms with van der Waals surface area (Å²) in [6.45, 7) is 2.27. The molecule has 0 saturated carbocycles. The Morgan fingerprint density at radius 2 is 1.71 bits per heavy atom. The van der Waals surface area contributed by atoms with Crippen LogP contribution < -0.4 is 5.32 Å². The second-order valence-corrected chi connectivity index (χ2v) is 3.94. The highest BCUT2D eigenvalue weighted by Crippen LogP contribution is 2.19. The van der Waals surface area contributed by atoms with Crippen molar-refractivity contribution in [1.29, 1.82) is 0 Å². The third-order valence-corrected chi connectivity index (χ3v) is 2.40. The molecule has 0 bridgehead atoms. The highest BCUT2D eigenvalue weighted by molar-refractivity contribution is 4.76. The average molecular weight is 211 g/mol. The molecule has 0 rings (SSSR count). The van der Waals surface area contributed by atoms with Gasteiger partial charge in [-0.15, -0.1) is 0 Å². The maximum Gasteiger partial charge on any atom is 0.282 e. The monoisotopic (exact) mass is 211 g/mol. The van der Waals surface area contributed by atoms with Crippen molar-refractivity contribution in [2.75, 3.05) is 26.3 Å². The first-order valence-corrected chi connectivity index (χ1v) is 4.69. The van der Waals surface area contributed by atoms with Gasteiger partial charge in [0.1, 0.15) is 6.61 Å². The maximum atomic E-state index is 12.6. The maximum absolute atomic E-state index is 12.6. The van der Waals surface area contributed by atoms with E-state index in [1.54, 1.807) is 0 Å². The van der Waals surface area contributed by atoms with Crippen LogP contribution in [0, 0.1) is 5.41 Å². The first-order valence-electron chi connectivity index (χ1n) is 4.69. The number of aliphatic hydroxyl groups excluding tert-OH is 2. The lowest BCUT2D eigenvalue weighted by molar-refractivity contribution is -0.0495. The summed E-state index contributed by atoms with van der Waals surface area (Å²) in [7, 11) is 0. The van der Waals surface area contributed by atoms with Crippen molar-refractivity contribution in [3.05, 3.63) is 0 Å². The molecule has 14 heavy (non-hydrogen) atoms. The smallest absolute Gasteiger partial charge is 0.282 e. The van der Waals surface area contributed by atoms with Gasteiger partial charge in [-0.1, -0.05) is 13.8 Å². The van der Waals surface area contributed by atoms with Crippen LogP contribution in [0.5, 0.6) is 0 Å². The fourth-order valence-corrected chi connectivity index (χ4v) is 0.896. The summed E-state index contributed by atoms with van der Waals surface area (Å²) in [5.41, 5.74) is -0.370. The van der Waals surface area contributed by atoms with E-state index in [1.165, 1.54) is 0 Å². The van der Waals surface area contributed by atoms with Gasteiger partial charge in [0.15, 0.2) is 0 Å². The van der Waals surface area contributed by atoms with Gasteiger partial charge < -0.3 is 15.5 Å². The molecule has 0 radical (unpaired) electrons. The molecule has 0 aromatic rings. The zero-order chi connectivity index (χ0) is 11.2. The minimum absolute atomic E-state index is 0.0405. The fourth-order valence-electron chi connectivity index (χ4n) is 0.896. The Bertz CT molecular complexity index is 161. The topological polar surface area (TPSA) is 52.5 Å². The third kappa shape index (κ3) is 4.83. The third-order valence-electron chi connectivity index (χ3n) is 2.40. The first kappa shape index (κ1) is 13.7. The lowest BCUT2D eigenvalue weighted by Gasteiger charge is -2.27. The molecule has 0 amide bonds. The van der Waals surface area contributed by atoms with Crippen molar-refractivity contribution >= 4 is 0 Å². The Balaban J connectivity index is 3.83. The van der Waals surface area contributed by atoms with Gasteiger partial charge >= 0.3 is 0 Å². The van der Waals surface area contributed by atoms with E-state index in [-0.39, 0.29) is 12.0 Å². The van der Waals surface area contributed by atoms with Crippen molar-refractivity contribution in [3.8, 4) is 0 Å². The molecule has 1 unspecified atom stereocenters. The molecule has 0 aromatic heterocycles. The van der Waals surface area contributed by atoms with Gasteiger partial charge in [-0.3, -0.25) is 0 Å². The summed E-state index contributed by atoms with van der Waals surface area (Å²) < 4.78 is 25.1. The van der Waals surface area contributed by atoms with E-state index in [1.807, 2.05) is 13.8 Å². The second kappa shape index (κ2) is 5.58.